The summed E-state index contributed by atoms with van der Waals surface area (Å²) >= 11 is 0. The highest BCUT2D eigenvalue weighted by Gasteiger charge is 2.09. The minimum absolute atomic E-state index is 0.264. The molecule has 1 rings (SSSR count). The third-order valence-electron chi connectivity index (χ3n) is 2.47. The molecule has 0 bridgehead atoms. The maximum Gasteiger partial charge on any atom is 0.175 e. The van der Waals surface area contributed by atoms with Crippen LogP contribution in [-0.2, 0) is 14.6 Å². The molecule has 0 aliphatic heterocycles. The first-order valence-electron chi connectivity index (χ1n) is 5.77. The van der Waals surface area contributed by atoms with E-state index in [2.05, 4.69) is 0 Å². The van der Waals surface area contributed by atoms with Crippen LogP contribution in [0.25, 0.3) is 0 Å². The fourth-order valence-corrected chi connectivity index (χ4v) is 2.12. The lowest BCUT2D eigenvalue weighted by molar-refractivity contribution is 0.261. The maximum absolute atomic E-state index is 11.3. The van der Waals surface area contributed by atoms with Crippen LogP contribution in [0.15, 0.2) is 52.8 Å². The number of benzene rings is 1. The van der Waals surface area contributed by atoms with Crippen molar-refractivity contribution in [2.45, 2.75) is 18.7 Å². The van der Waals surface area contributed by atoms with Gasteiger partial charge in [0.1, 0.15) is 5.75 Å². The van der Waals surface area contributed by atoms with Crippen LogP contribution in [0.2, 0.25) is 0 Å². The topological polar surface area (TPSA) is 52.6 Å². The normalized spacial score (nSPS) is 13.3. The van der Waals surface area contributed by atoms with E-state index in [1.165, 1.54) is 18.4 Å². The van der Waals surface area contributed by atoms with Crippen LogP contribution >= 0.6 is 0 Å². The highest BCUT2D eigenvalue weighted by Crippen LogP contribution is 2.21. The quantitative estimate of drug-likeness (QED) is 0.615. The molecule has 0 saturated heterocycles. The zero-order chi connectivity index (χ0) is 14.5. The SMILES string of the molecule is CC=C(OC)C(=CC)Oc1ccc(S(C)(=O)=O)cc1. The molecule has 0 unspecified atom stereocenters. The van der Waals surface area contributed by atoms with E-state index >= 15 is 0 Å². The zero-order valence-corrected chi connectivity index (χ0v) is 12.3. The molecule has 0 spiro atoms. The molecule has 19 heavy (non-hydrogen) atoms. The highest BCUT2D eigenvalue weighted by atomic mass is 32.2. The van der Waals surface area contributed by atoms with E-state index in [1.807, 2.05) is 13.8 Å². The van der Waals surface area contributed by atoms with Crippen molar-refractivity contribution in [2.24, 2.45) is 0 Å². The van der Waals surface area contributed by atoms with Crippen LogP contribution in [0.1, 0.15) is 13.8 Å². The second kappa shape index (κ2) is 6.43. The average Bonchev–Trinajstić information content (AvgIpc) is 2.38. The van der Waals surface area contributed by atoms with Crippen LogP contribution in [0.4, 0.5) is 0 Å². The second-order valence-electron chi connectivity index (χ2n) is 3.86. The van der Waals surface area contributed by atoms with Crippen molar-refractivity contribution in [3.05, 3.63) is 47.9 Å². The molecule has 0 aliphatic rings. The van der Waals surface area contributed by atoms with E-state index in [9.17, 15) is 8.42 Å². The van der Waals surface area contributed by atoms with Gasteiger partial charge < -0.3 is 9.47 Å². The van der Waals surface area contributed by atoms with Crippen LogP contribution in [0.3, 0.4) is 0 Å². The van der Waals surface area contributed by atoms with Gasteiger partial charge in [-0.1, -0.05) is 0 Å². The molecule has 5 heteroatoms. The summed E-state index contributed by atoms with van der Waals surface area (Å²) in [4.78, 5) is 0.264. The molecule has 0 atom stereocenters. The van der Waals surface area contributed by atoms with Gasteiger partial charge in [0.2, 0.25) is 0 Å². The molecule has 104 valence electrons. The fourth-order valence-electron chi connectivity index (χ4n) is 1.49. The standard InChI is InChI=1S/C14H18O4S/c1-5-13(17-3)14(6-2)18-11-7-9-12(10-8-11)19(4,15)16/h5-10H,1-4H3. The summed E-state index contributed by atoms with van der Waals surface area (Å²) in [6, 6.07) is 6.26. The molecule has 4 nitrogen and oxygen atoms in total. The molecule has 1 aromatic carbocycles. The summed E-state index contributed by atoms with van der Waals surface area (Å²) in [5.74, 6) is 1.75. The number of ether oxygens (including phenoxy) is 2. The average molecular weight is 282 g/mol. The van der Waals surface area contributed by atoms with Gasteiger partial charge in [-0.15, -0.1) is 0 Å². The first-order chi connectivity index (χ1) is 8.92. The minimum atomic E-state index is -3.19. The Balaban J connectivity index is 2.95. The molecule has 0 saturated carbocycles. The molecule has 0 fully saturated rings. The summed E-state index contributed by atoms with van der Waals surface area (Å²) in [7, 11) is -1.62. The first kappa shape index (κ1) is 15.3. The third kappa shape index (κ3) is 4.13. The van der Waals surface area contributed by atoms with Crippen LogP contribution < -0.4 is 4.74 Å². The van der Waals surface area contributed by atoms with Gasteiger partial charge in [-0.2, -0.15) is 0 Å². The third-order valence-corrected chi connectivity index (χ3v) is 3.60. The predicted octanol–water partition coefficient (Wildman–Crippen LogP) is 2.92. The predicted molar refractivity (Wildman–Crippen MR) is 74.7 cm³/mol. The summed E-state index contributed by atoms with van der Waals surface area (Å²) < 4.78 is 33.5. The monoisotopic (exact) mass is 282 g/mol. The molecule has 0 aliphatic carbocycles. The molecule has 0 amide bonds. The number of allylic oxidation sites excluding steroid dienone is 2. The van der Waals surface area contributed by atoms with Gasteiger partial charge in [0.15, 0.2) is 21.4 Å². The number of rotatable bonds is 5. The maximum atomic E-state index is 11.3. The second-order valence-corrected chi connectivity index (χ2v) is 5.87. The fraction of sp³-hybridized carbons (Fsp3) is 0.286. The van der Waals surface area contributed by atoms with E-state index in [0.717, 1.165) is 0 Å². The van der Waals surface area contributed by atoms with E-state index in [1.54, 1.807) is 31.4 Å². The van der Waals surface area contributed by atoms with Crippen molar-refractivity contribution in [3.8, 4) is 5.75 Å². The lowest BCUT2D eigenvalue weighted by atomic mass is 10.3. The van der Waals surface area contributed by atoms with E-state index in [-0.39, 0.29) is 4.90 Å². The highest BCUT2D eigenvalue weighted by molar-refractivity contribution is 7.90. The van der Waals surface area contributed by atoms with Crippen LogP contribution in [0.5, 0.6) is 5.75 Å². The van der Waals surface area contributed by atoms with E-state index < -0.39 is 9.84 Å². The van der Waals surface area contributed by atoms with Crippen LogP contribution in [-0.4, -0.2) is 21.8 Å². The smallest absolute Gasteiger partial charge is 0.175 e. The summed E-state index contributed by atoms with van der Waals surface area (Å²) in [6.45, 7) is 3.68. The Morgan fingerprint density at radius 1 is 1.05 bits per heavy atom. The Bertz CT molecular complexity index is 580. The van der Waals surface area contributed by atoms with Crippen molar-refractivity contribution in [2.75, 3.05) is 13.4 Å². The number of hydrogen-bond donors (Lipinski definition) is 0. The van der Waals surface area contributed by atoms with Gasteiger partial charge in [0, 0.05) is 6.26 Å². The molecule has 0 aromatic heterocycles. The van der Waals surface area contributed by atoms with Crippen LogP contribution in [0, 0.1) is 0 Å². The van der Waals surface area contributed by atoms with Crippen molar-refractivity contribution in [1.29, 1.82) is 0 Å². The largest absolute Gasteiger partial charge is 0.493 e. The summed E-state index contributed by atoms with van der Waals surface area (Å²) in [6.07, 6.45) is 4.74. The molecule has 0 radical (unpaired) electrons. The molecular weight excluding hydrogens is 264 g/mol. The van der Waals surface area contributed by atoms with Crippen molar-refractivity contribution < 1.29 is 17.9 Å². The van der Waals surface area contributed by atoms with Gasteiger partial charge in [0.25, 0.3) is 0 Å². The summed E-state index contributed by atoms with van der Waals surface area (Å²) in [5, 5.41) is 0. The lowest BCUT2D eigenvalue weighted by Gasteiger charge is -2.12. The van der Waals surface area contributed by atoms with E-state index in [4.69, 9.17) is 9.47 Å². The Labute approximate surface area is 114 Å². The Morgan fingerprint density at radius 3 is 1.95 bits per heavy atom. The van der Waals surface area contributed by atoms with Gasteiger partial charge in [-0.25, -0.2) is 8.42 Å². The zero-order valence-electron chi connectivity index (χ0n) is 11.5. The minimum Gasteiger partial charge on any atom is -0.493 e. The molecule has 1 aromatic rings. The van der Waals surface area contributed by atoms with E-state index in [0.29, 0.717) is 17.3 Å². The Hall–Kier alpha value is -1.75. The number of sulfone groups is 1. The van der Waals surface area contributed by atoms with Gasteiger partial charge in [-0.05, 0) is 50.3 Å². The first-order valence-corrected chi connectivity index (χ1v) is 7.66. The van der Waals surface area contributed by atoms with Gasteiger partial charge in [-0.3, -0.25) is 0 Å². The lowest BCUT2D eigenvalue weighted by Crippen LogP contribution is -2.01. The number of hydrogen-bond acceptors (Lipinski definition) is 4. The van der Waals surface area contributed by atoms with Crippen molar-refractivity contribution in [1.82, 2.24) is 0 Å². The van der Waals surface area contributed by atoms with Gasteiger partial charge in [0.05, 0.1) is 12.0 Å². The molecular formula is C14H18O4S. The van der Waals surface area contributed by atoms with Crippen molar-refractivity contribution in [3.63, 3.8) is 0 Å². The molecule has 0 N–H and O–H groups in total. The Kier molecular flexibility index (Phi) is 5.18. The number of methoxy groups -OCH3 is 1. The summed E-state index contributed by atoms with van der Waals surface area (Å²) in [5.41, 5.74) is 0. The van der Waals surface area contributed by atoms with Crippen molar-refractivity contribution >= 4 is 9.84 Å². The van der Waals surface area contributed by atoms with Gasteiger partial charge >= 0.3 is 0 Å². The molecule has 0 heterocycles. The Morgan fingerprint density at radius 2 is 1.58 bits per heavy atom.